The van der Waals surface area contributed by atoms with E-state index in [0.717, 1.165) is 22.9 Å². The van der Waals surface area contributed by atoms with E-state index in [1.807, 2.05) is 12.1 Å². The van der Waals surface area contributed by atoms with Crippen LogP contribution in [0.3, 0.4) is 0 Å². The molecule has 4 rings (SSSR count). The summed E-state index contributed by atoms with van der Waals surface area (Å²) in [7, 11) is 3.20. The molecule has 3 aromatic rings. The maximum absolute atomic E-state index is 12.6. The number of nitrogens with zero attached hydrogens (tertiary/aromatic N) is 1. The van der Waals surface area contributed by atoms with Crippen molar-refractivity contribution in [2.75, 3.05) is 27.4 Å². The second-order valence-corrected chi connectivity index (χ2v) is 6.78. The zero-order valence-corrected chi connectivity index (χ0v) is 16.3. The Hall–Kier alpha value is -3.48. The van der Waals surface area contributed by atoms with E-state index < -0.39 is 5.63 Å². The van der Waals surface area contributed by atoms with Crippen LogP contribution in [0, 0.1) is 0 Å². The van der Waals surface area contributed by atoms with E-state index in [1.54, 1.807) is 43.4 Å². The number of benzene rings is 2. The van der Waals surface area contributed by atoms with Gasteiger partial charge in [-0.25, -0.2) is 4.79 Å². The van der Waals surface area contributed by atoms with E-state index in [0.29, 0.717) is 35.9 Å². The van der Waals surface area contributed by atoms with E-state index in [2.05, 4.69) is 0 Å². The first-order chi connectivity index (χ1) is 14.1. The fourth-order valence-electron chi connectivity index (χ4n) is 3.46. The van der Waals surface area contributed by atoms with E-state index in [-0.39, 0.29) is 12.5 Å². The van der Waals surface area contributed by atoms with E-state index in [1.165, 1.54) is 6.07 Å². The van der Waals surface area contributed by atoms with Gasteiger partial charge in [-0.05, 0) is 47.9 Å². The molecule has 1 aromatic heterocycles. The molecule has 1 aliphatic heterocycles. The Labute approximate surface area is 167 Å². The molecule has 0 aliphatic carbocycles. The van der Waals surface area contributed by atoms with Crippen LogP contribution in [0.1, 0.15) is 11.1 Å². The largest absolute Gasteiger partial charge is 0.493 e. The fraction of sp³-hybridized carbons (Fsp3) is 0.273. The van der Waals surface area contributed by atoms with Gasteiger partial charge in [-0.3, -0.25) is 4.79 Å². The summed E-state index contributed by atoms with van der Waals surface area (Å²) in [4.78, 5) is 25.8. The van der Waals surface area contributed by atoms with Gasteiger partial charge >= 0.3 is 5.63 Å². The first-order valence-electron chi connectivity index (χ1n) is 9.25. The first-order valence-corrected chi connectivity index (χ1v) is 9.25. The van der Waals surface area contributed by atoms with E-state index in [4.69, 9.17) is 18.6 Å². The van der Waals surface area contributed by atoms with E-state index >= 15 is 0 Å². The minimum absolute atomic E-state index is 0.0921. The third kappa shape index (κ3) is 3.89. The Kier molecular flexibility index (Phi) is 5.12. The van der Waals surface area contributed by atoms with Crippen LogP contribution in [0.5, 0.6) is 17.2 Å². The Morgan fingerprint density at radius 3 is 2.52 bits per heavy atom. The van der Waals surface area contributed by atoms with Crippen LogP contribution in [-0.4, -0.2) is 38.2 Å². The van der Waals surface area contributed by atoms with Gasteiger partial charge in [-0.2, -0.15) is 0 Å². The number of hydrogen-bond donors (Lipinski definition) is 0. The number of carbonyl (C=O) groups excluding carboxylic acids is 1. The number of amides is 1. The molecule has 2 aromatic carbocycles. The lowest BCUT2D eigenvalue weighted by atomic mass is 9.99. The molecule has 0 radical (unpaired) electrons. The van der Waals surface area contributed by atoms with Crippen molar-refractivity contribution < 1.29 is 23.4 Å². The molecule has 1 aliphatic rings. The van der Waals surface area contributed by atoms with Crippen LogP contribution in [0.2, 0.25) is 0 Å². The Balaban J connectivity index is 1.44. The lowest BCUT2D eigenvalue weighted by molar-refractivity contribution is -0.134. The average Bonchev–Trinajstić information content (AvgIpc) is 2.75. The van der Waals surface area contributed by atoms with Gasteiger partial charge in [0.2, 0.25) is 0 Å². The third-order valence-corrected chi connectivity index (χ3v) is 5.03. The van der Waals surface area contributed by atoms with Gasteiger partial charge in [0.15, 0.2) is 18.1 Å². The number of methoxy groups -OCH3 is 2. The second kappa shape index (κ2) is 7.87. The number of ether oxygens (including phenoxy) is 3. The molecule has 0 saturated carbocycles. The number of rotatable bonds is 5. The van der Waals surface area contributed by atoms with Crippen LogP contribution >= 0.6 is 0 Å². The summed E-state index contributed by atoms with van der Waals surface area (Å²) < 4.78 is 21.5. The van der Waals surface area contributed by atoms with Gasteiger partial charge in [0.05, 0.1) is 14.2 Å². The minimum Gasteiger partial charge on any atom is -0.493 e. The molecule has 29 heavy (non-hydrogen) atoms. The van der Waals surface area contributed by atoms with Crippen molar-refractivity contribution in [3.05, 3.63) is 64.0 Å². The summed E-state index contributed by atoms with van der Waals surface area (Å²) in [5, 5.41) is 0.792. The quantitative estimate of drug-likeness (QED) is 0.618. The molecule has 7 heteroatoms. The smallest absolute Gasteiger partial charge is 0.336 e. The van der Waals surface area contributed by atoms with Crippen LogP contribution in [0.15, 0.2) is 51.7 Å². The molecular weight excluding hydrogens is 374 g/mol. The second-order valence-electron chi connectivity index (χ2n) is 6.78. The SMILES string of the molecule is COc1cc2c(cc1OC)CN(C(=O)COc1ccc3ccc(=O)oc3c1)CC2. The molecule has 0 atom stereocenters. The van der Waals surface area contributed by atoms with E-state index in [9.17, 15) is 9.59 Å². The number of carbonyl (C=O) groups is 1. The normalized spacial score (nSPS) is 13.1. The van der Waals surface area contributed by atoms with Crippen molar-refractivity contribution in [2.45, 2.75) is 13.0 Å². The standard InChI is InChI=1S/C22H21NO6/c1-26-19-9-15-7-8-23(12-16(15)10-20(19)27-2)21(24)13-28-17-5-3-14-4-6-22(25)29-18(14)11-17/h3-6,9-11H,7-8,12-13H2,1-2H3. The number of fused-ring (bicyclic) bond motifs is 2. The van der Waals surface area contributed by atoms with Gasteiger partial charge in [-0.1, -0.05) is 0 Å². The summed E-state index contributed by atoms with van der Waals surface area (Å²) in [6, 6.07) is 12.1. The third-order valence-electron chi connectivity index (χ3n) is 5.03. The maximum atomic E-state index is 12.6. The molecule has 0 fully saturated rings. The van der Waals surface area contributed by atoms with Crippen LogP contribution in [-0.2, 0) is 17.8 Å². The molecular formula is C22H21NO6. The van der Waals surface area contributed by atoms with Crippen LogP contribution in [0.4, 0.5) is 0 Å². The molecule has 0 bridgehead atoms. The molecule has 0 N–H and O–H groups in total. The Bertz CT molecular complexity index is 1120. The Morgan fingerprint density at radius 1 is 1.03 bits per heavy atom. The zero-order valence-electron chi connectivity index (χ0n) is 16.3. The van der Waals surface area contributed by atoms with Crippen molar-refractivity contribution in [1.29, 1.82) is 0 Å². The minimum atomic E-state index is -0.426. The average molecular weight is 395 g/mol. The highest BCUT2D eigenvalue weighted by Crippen LogP contribution is 2.33. The van der Waals surface area contributed by atoms with Crippen molar-refractivity contribution in [2.24, 2.45) is 0 Å². The fourth-order valence-corrected chi connectivity index (χ4v) is 3.46. The zero-order chi connectivity index (χ0) is 20.4. The summed E-state index contributed by atoms with van der Waals surface area (Å²) in [6.07, 6.45) is 0.739. The predicted octanol–water partition coefficient (Wildman–Crippen LogP) is 2.77. The molecule has 0 unspecified atom stereocenters. The summed E-state index contributed by atoms with van der Waals surface area (Å²) in [5.41, 5.74) is 2.19. The predicted molar refractivity (Wildman–Crippen MR) is 107 cm³/mol. The topological polar surface area (TPSA) is 78.2 Å². The monoisotopic (exact) mass is 395 g/mol. The highest BCUT2D eigenvalue weighted by molar-refractivity contribution is 5.79. The van der Waals surface area contributed by atoms with Gasteiger partial charge < -0.3 is 23.5 Å². The summed E-state index contributed by atoms with van der Waals surface area (Å²) in [5.74, 6) is 1.70. The van der Waals surface area contributed by atoms with Crippen molar-refractivity contribution in [3.8, 4) is 17.2 Å². The van der Waals surface area contributed by atoms with Gasteiger partial charge in [0, 0.05) is 30.6 Å². The van der Waals surface area contributed by atoms with Crippen molar-refractivity contribution >= 4 is 16.9 Å². The molecule has 0 saturated heterocycles. The maximum Gasteiger partial charge on any atom is 0.336 e. The Morgan fingerprint density at radius 2 is 1.76 bits per heavy atom. The molecule has 7 nitrogen and oxygen atoms in total. The molecule has 1 amide bonds. The van der Waals surface area contributed by atoms with Crippen LogP contribution in [0.25, 0.3) is 11.0 Å². The first kappa shape index (κ1) is 18.9. The van der Waals surface area contributed by atoms with Gasteiger partial charge in [0.25, 0.3) is 5.91 Å². The summed E-state index contributed by atoms with van der Waals surface area (Å²) >= 11 is 0. The highest BCUT2D eigenvalue weighted by Gasteiger charge is 2.23. The molecule has 2 heterocycles. The summed E-state index contributed by atoms with van der Waals surface area (Å²) in [6.45, 7) is 1.01. The number of hydrogen-bond acceptors (Lipinski definition) is 6. The van der Waals surface area contributed by atoms with Gasteiger partial charge in [0.1, 0.15) is 11.3 Å². The lowest BCUT2D eigenvalue weighted by Gasteiger charge is -2.29. The van der Waals surface area contributed by atoms with Crippen molar-refractivity contribution in [3.63, 3.8) is 0 Å². The van der Waals surface area contributed by atoms with Gasteiger partial charge in [-0.15, -0.1) is 0 Å². The lowest BCUT2D eigenvalue weighted by Crippen LogP contribution is -2.38. The highest BCUT2D eigenvalue weighted by atomic mass is 16.5. The molecule has 150 valence electrons. The molecule has 0 spiro atoms. The van der Waals surface area contributed by atoms with Crippen molar-refractivity contribution in [1.82, 2.24) is 4.90 Å². The van der Waals surface area contributed by atoms with Crippen LogP contribution < -0.4 is 19.8 Å².